The highest BCUT2D eigenvalue weighted by molar-refractivity contribution is 7.85. The van der Waals surface area contributed by atoms with Crippen molar-refractivity contribution in [2.45, 2.75) is 16.7 Å². The molecule has 0 aliphatic carbocycles. The Bertz CT molecular complexity index is 689. The van der Waals surface area contributed by atoms with E-state index in [0.717, 1.165) is 5.56 Å². The van der Waals surface area contributed by atoms with E-state index in [2.05, 4.69) is 0 Å². The van der Waals surface area contributed by atoms with Gasteiger partial charge in [0.25, 0.3) is 0 Å². The molecule has 0 N–H and O–H groups in total. The van der Waals surface area contributed by atoms with Crippen LogP contribution in [0.5, 0.6) is 0 Å². The number of hydrogen-bond acceptors (Lipinski definition) is 3. The number of nitrogens with zero attached hydrogens (tertiary/aromatic N) is 2. The molecule has 0 aromatic heterocycles. The summed E-state index contributed by atoms with van der Waals surface area (Å²) in [5, 5.41) is 18.2. The lowest BCUT2D eigenvalue weighted by atomic mass is 10.1. The van der Waals surface area contributed by atoms with Gasteiger partial charge in [-0.05, 0) is 31.2 Å². The van der Waals surface area contributed by atoms with Gasteiger partial charge < -0.3 is 0 Å². The highest BCUT2D eigenvalue weighted by atomic mass is 32.2. The molecule has 1 atom stereocenters. The first kappa shape index (κ1) is 13.0. The highest BCUT2D eigenvalue weighted by Gasteiger charge is 2.16. The largest absolute Gasteiger partial charge is 0.249 e. The van der Waals surface area contributed by atoms with Crippen molar-refractivity contribution in [3.05, 3.63) is 59.2 Å². The molecule has 2 rings (SSSR count). The zero-order valence-corrected chi connectivity index (χ0v) is 11.1. The summed E-state index contributed by atoms with van der Waals surface area (Å²) in [5.41, 5.74) is 1.62. The normalized spacial score (nSPS) is 11.3. The summed E-state index contributed by atoms with van der Waals surface area (Å²) >= 11 is 0. The monoisotopic (exact) mass is 266 g/mol. The van der Waals surface area contributed by atoms with E-state index in [1.54, 1.807) is 30.3 Å². The third kappa shape index (κ3) is 2.54. The third-order valence-electron chi connectivity index (χ3n) is 2.68. The quantitative estimate of drug-likeness (QED) is 0.839. The topological polar surface area (TPSA) is 64.7 Å². The van der Waals surface area contributed by atoms with E-state index in [1.165, 1.54) is 0 Å². The summed E-state index contributed by atoms with van der Waals surface area (Å²) in [6, 6.07) is 16.0. The smallest absolute Gasteiger partial charge is 0.100 e. The van der Waals surface area contributed by atoms with Crippen molar-refractivity contribution < 1.29 is 4.21 Å². The lowest BCUT2D eigenvalue weighted by Crippen LogP contribution is -2.00. The molecule has 19 heavy (non-hydrogen) atoms. The lowest BCUT2D eigenvalue weighted by Gasteiger charge is -2.06. The third-order valence-corrected chi connectivity index (χ3v) is 4.19. The van der Waals surface area contributed by atoms with Crippen molar-refractivity contribution in [3.8, 4) is 12.1 Å². The van der Waals surface area contributed by atoms with Gasteiger partial charge in [-0.25, -0.2) is 4.21 Å². The Morgan fingerprint density at radius 1 is 0.947 bits per heavy atom. The summed E-state index contributed by atoms with van der Waals surface area (Å²) in [5.74, 6) is 0. The van der Waals surface area contributed by atoms with E-state index in [9.17, 15) is 4.21 Å². The Labute approximate surface area is 114 Å². The average molecular weight is 266 g/mol. The zero-order valence-electron chi connectivity index (χ0n) is 10.3. The van der Waals surface area contributed by atoms with Crippen LogP contribution in [0.25, 0.3) is 0 Å². The molecule has 3 nitrogen and oxygen atoms in total. The molecule has 4 heteroatoms. The van der Waals surface area contributed by atoms with E-state index in [4.69, 9.17) is 10.5 Å². The van der Waals surface area contributed by atoms with Crippen LogP contribution in [0.4, 0.5) is 0 Å². The minimum absolute atomic E-state index is 0.276. The molecule has 2 aromatic carbocycles. The number of hydrogen-bond donors (Lipinski definition) is 0. The van der Waals surface area contributed by atoms with Gasteiger partial charge >= 0.3 is 0 Å². The number of benzene rings is 2. The highest BCUT2D eigenvalue weighted by Crippen LogP contribution is 2.23. The van der Waals surface area contributed by atoms with E-state index in [1.807, 2.05) is 31.2 Å². The second kappa shape index (κ2) is 5.48. The van der Waals surface area contributed by atoms with Gasteiger partial charge in [-0.3, -0.25) is 0 Å². The van der Waals surface area contributed by atoms with Crippen molar-refractivity contribution in [1.29, 1.82) is 10.5 Å². The Morgan fingerprint density at radius 3 is 1.95 bits per heavy atom. The summed E-state index contributed by atoms with van der Waals surface area (Å²) in [6.07, 6.45) is 0. The van der Waals surface area contributed by atoms with Crippen LogP contribution in [-0.2, 0) is 10.8 Å². The number of aryl methyl sites for hydroxylation is 1. The van der Waals surface area contributed by atoms with Crippen LogP contribution < -0.4 is 0 Å². The Balaban J connectivity index is 2.59. The van der Waals surface area contributed by atoms with Crippen LogP contribution in [0, 0.1) is 29.6 Å². The minimum Gasteiger partial charge on any atom is -0.249 e. The van der Waals surface area contributed by atoms with Crippen LogP contribution >= 0.6 is 0 Å². The van der Waals surface area contributed by atoms with Gasteiger partial charge in [-0.1, -0.05) is 23.8 Å². The predicted molar refractivity (Wildman–Crippen MR) is 71.7 cm³/mol. The van der Waals surface area contributed by atoms with Crippen molar-refractivity contribution in [2.24, 2.45) is 0 Å². The summed E-state index contributed by atoms with van der Waals surface area (Å²) in [4.78, 5) is 0.876. The van der Waals surface area contributed by atoms with Gasteiger partial charge in [0.1, 0.15) is 12.1 Å². The van der Waals surface area contributed by atoms with Crippen molar-refractivity contribution in [1.82, 2.24) is 0 Å². The average Bonchev–Trinajstić information content (AvgIpc) is 2.46. The zero-order chi connectivity index (χ0) is 13.8. The molecule has 1 unspecified atom stereocenters. The molecule has 0 saturated carbocycles. The molecular formula is C15H10N2OS. The first-order valence-electron chi connectivity index (χ1n) is 5.59. The van der Waals surface area contributed by atoms with Crippen molar-refractivity contribution in [3.63, 3.8) is 0 Å². The SMILES string of the molecule is Cc1ccc(S(=O)c2c(C#N)cccc2C#N)cc1. The van der Waals surface area contributed by atoms with Crippen LogP contribution in [0.15, 0.2) is 52.3 Å². The van der Waals surface area contributed by atoms with Crippen LogP contribution in [-0.4, -0.2) is 4.21 Å². The molecule has 0 heterocycles. The van der Waals surface area contributed by atoms with E-state index >= 15 is 0 Å². The molecule has 0 spiro atoms. The van der Waals surface area contributed by atoms with E-state index in [-0.39, 0.29) is 16.0 Å². The van der Waals surface area contributed by atoms with E-state index in [0.29, 0.717) is 4.90 Å². The van der Waals surface area contributed by atoms with E-state index < -0.39 is 10.8 Å². The first-order valence-corrected chi connectivity index (χ1v) is 6.74. The predicted octanol–water partition coefficient (Wildman–Crippen LogP) is 2.91. The fourth-order valence-corrected chi connectivity index (χ4v) is 2.94. The summed E-state index contributed by atoms with van der Waals surface area (Å²) in [7, 11) is -1.52. The molecule has 92 valence electrons. The number of rotatable bonds is 2. The van der Waals surface area contributed by atoms with Crippen LogP contribution in [0.3, 0.4) is 0 Å². The van der Waals surface area contributed by atoms with Gasteiger partial charge in [0.05, 0.1) is 26.8 Å². The number of nitriles is 2. The van der Waals surface area contributed by atoms with Gasteiger partial charge in [0.15, 0.2) is 0 Å². The molecule has 2 aromatic rings. The van der Waals surface area contributed by atoms with Gasteiger partial charge in [-0.2, -0.15) is 10.5 Å². The molecule has 0 aliphatic rings. The molecule has 0 bridgehead atoms. The Kier molecular flexibility index (Phi) is 3.75. The lowest BCUT2D eigenvalue weighted by molar-refractivity contribution is 0.682. The first-order chi connectivity index (χ1) is 9.17. The van der Waals surface area contributed by atoms with Gasteiger partial charge in [0.2, 0.25) is 0 Å². The maximum Gasteiger partial charge on any atom is 0.100 e. The molecule has 0 amide bonds. The standard InChI is InChI=1S/C15H10N2OS/c1-11-5-7-14(8-6-11)19(18)15-12(9-16)3-2-4-13(15)10-17/h2-8H,1H3. The molecular weight excluding hydrogens is 256 g/mol. The fourth-order valence-electron chi connectivity index (χ4n) is 1.69. The maximum absolute atomic E-state index is 12.5. The Morgan fingerprint density at radius 2 is 1.47 bits per heavy atom. The van der Waals surface area contributed by atoms with Crippen molar-refractivity contribution >= 4 is 10.8 Å². The van der Waals surface area contributed by atoms with Crippen molar-refractivity contribution in [2.75, 3.05) is 0 Å². The molecule has 0 fully saturated rings. The van der Waals surface area contributed by atoms with Crippen LogP contribution in [0.2, 0.25) is 0 Å². The molecule has 0 aliphatic heterocycles. The molecule has 0 radical (unpaired) electrons. The molecule has 0 saturated heterocycles. The van der Waals surface area contributed by atoms with Gasteiger partial charge in [-0.15, -0.1) is 0 Å². The fraction of sp³-hybridized carbons (Fsp3) is 0.0667. The minimum atomic E-state index is -1.52. The summed E-state index contributed by atoms with van der Waals surface area (Å²) in [6.45, 7) is 1.94. The Hall–Kier alpha value is -2.43. The second-order valence-electron chi connectivity index (χ2n) is 3.99. The maximum atomic E-state index is 12.5. The second-order valence-corrected chi connectivity index (χ2v) is 5.40. The van der Waals surface area contributed by atoms with Gasteiger partial charge in [0, 0.05) is 4.90 Å². The summed E-state index contributed by atoms with van der Waals surface area (Å²) < 4.78 is 12.5. The van der Waals surface area contributed by atoms with Crippen LogP contribution in [0.1, 0.15) is 16.7 Å².